The first kappa shape index (κ1) is 15.7. The summed E-state index contributed by atoms with van der Waals surface area (Å²) < 4.78 is 1.79. The normalized spacial score (nSPS) is 10.6. The molecule has 0 atom stereocenters. The van der Waals surface area contributed by atoms with Crippen molar-refractivity contribution in [1.29, 1.82) is 0 Å². The molecule has 1 heterocycles. The number of rotatable bonds is 3. The van der Waals surface area contributed by atoms with E-state index in [1.54, 1.807) is 4.68 Å². The fourth-order valence-corrected chi connectivity index (χ4v) is 2.79. The van der Waals surface area contributed by atoms with Gasteiger partial charge in [0.15, 0.2) is 5.82 Å². The van der Waals surface area contributed by atoms with Crippen LogP contribution in [0.4, 0.5) is 22.0 Å². The predicted molar refractivity (Wildman–Crippen MR) is 105 cm³/mol. The van der Waals surface area contributed by atoms with Crippen LogP contribution < -0.4 is 16.4 Å². The molecule has 6 nitrogen and oxygen atoms in total. The van der Waals surface area contributed by atoms with E-state index in [0.717, 1.165) is 22.3 Å². The molecule has 0 saturated carbocycles. The van der Waals surface area contributed by atoms with Gasteiger partial charge < -0.3 is 16.4 Å². The maximum atomic E-state index is 12.1. The van der Waals surface area contributed by atoms with Crippen LogP contribution in [0.15, 0.2) is 78.9 Å². The average Bonchev–Trinajstić information content (AvgIpc) is 3.00. The van der Waals surface area contributed by atoms with Crippen LogP contribution in [0, 0.1) is 0 Å². The lowest BCUT2D eigenvalue weighted by Crippen LogP contribution is -2.19. The van der Waals surface area contributed by atoms with Crippen molar-refractivity contribution in [2.24, 2.45) is 0 Å². The molecule has 0 saturated heterocycles. The number of nitrogen functional groups attached to an aromatic ring is 1. The number of nitrogens with one attached hydrogen (secondary N) is 2. The SMILES string of the molecule is Nc1nn(-c2ccc(NC(=O)Nc3ccccc3)cc2)c2ccccc12. The summed E-state index contributed by atoms with van der Waals surface area (Å²) >= 11 is 0. The molecule has 4 N–H and O–H groups in total. The number of fused-ring (bicyclic) bond motifs is 1. The molecule has 4 aromatic rings. The van der Waals surface area contributed by atoms with E-state index in [1.165, 1.54) is 0 Å². The number of carbonyl (C=O) groups is 1. The highest BCUT2D eigenvalue weighted by Crippen LogP contribution is 2.24. The van der Waals surface area contributed by atoms with Crippen LogP contribution in [0.2, 0.25) is 0 Å². The number of hydrogen-bond donors (Lipinski definition) is 3. The molecule has 128 valence electrons. The quantitative estimate of drug-likeness (QED) is 0.520. The molecule has 0 fully saturated rings. The maximum Gasteiger partial charge on any atom is 0.323 e. The monoisotopic (exact) mass is 343 g/mol. The van der Waals surface area contributed by atoms with Crippen LogP contribution in [0.25, 0.3) is 16.6 Å². The van der Waals surface area contributed by atoms with Gasteiger partial charge in [0.1, 0.15) is 0 Å². The number of carbonyl (C=O) groups excluding carboxylic acids is 1. The molecule has 4 rings (SSSR count). The Bertz CT molecular complexity index is 1050. The molecular weight excluding hydrogens is 326 g/mol. The molecule has 2 amide bonds. The number of para-hydroxylation sites is 2. The zero-order valence-electron chi connectivity index (χ0n) is 13.9. The summed E-state index contributed by atoms with van der Waals surface area (Å²) in [4.78, 5) is 12.1. The predicted octanol–water partition coefficient (Wildman–Crippen LogP) is 4.25. The fraction of sp³-hybridized carbons (Fsp3) is 0. The number of urea groups is 1. The van der Waals surface area contributed by atoms with Crippen molar-refractivity contribution >= 4 is 34.1 Å². The van der Waals surface area contributed by atoms with Gasteiger partial charge in [0.2, 0.25) is 0 Å². The van der Waals surface area contributed by atoms with Gasteiger partial charge in [-0.05, 0) is 48.5 Å². The lowest BCUT2D eigenvalue weighted by molar-refractivity contribution is 0.262. The first-order chi connectivity index (χ1) is 12.7. The van der Waals surface area contributed by atoms with Crippen LogP contribution >= 0.6 is 0 Å². The lowest BCUT2D eigenvalue weighted by atomic mass is 10.2. The number of anilines is 3. The Morgan fingerprint density at radius 1 is 0.808 bits per heavy atom. The Hall–Kier alpha value is -3.80. The summed E-state index contributed by atoms with van der Waals surface area (Å²) in [6, 6.07) is 24.2. The molecule has 6 heteroatoms. The van der Waals surface area contributed by atoms with E-state index in [1.807, 2.05) is 78.9 Å². The molecule has 1 aromatic heterocycles. The number of amides is 2. The van der Waals surface area contributed by atoms with Crippen molar-refractivity contribution in [1.82, 2.24) is 9.78 Å². The second kappa shape index (κ2) is 6.60. The Morgan fingerprint density at radius 3 is 2.15 bits per heavy atom. The van der Waals surface area contributed by atoms with Crippen LogP contribution in [-0.2, 0) is 0 Å². The van der Waals surface area contributed by atoms with E-state index in [4.69, 9.17) is 5.73 Å². The van der Waals surface area contributed by atoms with Crippen molar-refractivity contribution in [2.45, 2.75) is 0 Å². The highest BCUT2D eigenvalue weighted by Gasteiger charge is 2.09. The summed E-state index contributed by atoms with van der Waals surface area (Å²) in [7, 11) is 0. The molecule has 26 heavy (non-hydrogen) atoms. The third-order valence-corrected chi connectivity index (χ3v) is 4.02. The van der Waals surface area contributed by atoms with E-state index < -0.39 is 0 Å². The highest BCUT2D eigenvalue weighted by molar-refractivity contribution is 5.99. The average molecular weight is 343 g/mol. The van der Waals surface area contributed by atoms with E-state index in [0.29, 0.717) is 11.5 Å². The van der Waals surface area contributed by atoms with Gasteiger partial charge in [-0.2, -0.15) is 0 Å². The molecule has 0 aliphatic rings. The Kier molecular flexibility index (Phi) is 3.99. The van der Waals surface area contributed by atoms with Gasteiger partial charge in [0.25, 0.3) is 0 Å². The number of aromatic nitrogens is 2. The molecule has 0 aliphatic heterocycles. The van der Waals surface area contributed by atoms with Crippen molar-refractivity contribution in [2.75, 3.05) is 16.4 Å². The van der Waals surface area contributed by atoms with Crippen LogP contribution in [0.3, 0.4) is 0 Å². The molecule has 0 bridgehead atoms. The first-order valence-corrected chi connectivity index (χ1v) is 8.17. The third-order valence-electron chi connectivity index (χ3n) is 4.02. The van der Waals surface area contributed by atoms with E-state index >= 15 is 0 Å². The fourth-order valence-electron chi connectivity index (χ4n) is 2.79. The van der Waals surface area contributed by atoms with Gasteiger partial charge in [-0.1, -0.05) is 30.3 Å². The second-order valence-electron chi connectivity index (χ2n) is 5.81. The molecule has 0 aliphatic carbocycles. The number of benzene rings is 3. The summed E-state index contributed by atoms with van der Waals surface area (Å²) in [5.41, 5.74) is 9.21. The third kappa shape index (κ3) is 3.08. The second-order valence-corrected chi connectivity index (χ2v) is 5.81. The van der Waals surface area contributed by atoms with E-state index in [2.05, 4.69) is 15.7 Å². The van der Waals surface area contributed by atoms with Crippen LogP contribution in [-0.4, -0.2) is 15.8 Å². The van der Waals surface area contributed by atoms with Gasteiger partial charge in [-0.15, -0.1) is 5.10 Å². The zero-order valence-corrected chi connectivity index (χ0v) is 13.9. The minimum Gasteiger partial charge on any atom is -0.382 e. The van der Waals surface area contributed by atoms with Gasteiger partial charge in [0.05, 0.1) is 11.2 Å². The Balaban J connectivity index is 1.52. The summed E-state index contributed by atoms with van der Waals surface area (Å²) in [6.45, 7) is 0. The molecule has 3 aromatic carbocycles. The number of hydrogen-bond acceptors (Lipinski definition) is 3. The molecule has 0 radical (unpaired) electrons. The molecule has 0 spiro atoms. The van der Waals surface area contributed by atoms with Crippen molar-refractivity contribution in [3.63, 3.8) is 0 Å². The van der Waals surface area contributed by atoms with Crippen molar-refractivity contribution in [3.05, 3.63) is 78.9 Å². The topological polar surface area (TPSA) is 85.0 Å². The van der Waals surface area contributed by atoms with Crippen LogP contribution in [0.5, 0.6) is 0 Å². The summed E-state index contributed by atoms with van der Waals surface area (Å²) in [5, 5.41) is 10.9. The Labute approximate surface area is 150 Å². The zero-order chi connectivity index (χ0) is 17.9. The maximum absolute atomic E-state index is 12.1. The van der Waals surface area contributed by atoms with Crippen molar-refractivity contribution < 1.29 is 4.79 Å². The first-order valence-electron chi connectivity index (χ1n) is 8.17. The number of nitrogens with two attached hydrogens (primary N) is 1. The molecular formula is C20H17N5O. The van der Waals surface area contributed by atoms with E-state index in [9.17, 15) is 4.79 Å². The minimum atomic E-state index is -0.294. The minimum absolute atomic E-state index is 0.294. The van der Waals surface area contributed by atoms with Gasteiger partial charge in [-0.3, -0.25) is 0 Å². The van der Waals surface area contributed by atoms with Crippen molar-refractivity contribution in [3.8, 4) is 5.69 Å². The Morgan fingerprint density at radius 2 is 1.42 bits per heavy atom. The summed E-state index contributed by atoms with van der Waals surface area (Å²) in [5.74, 6) is 0.491. The van der Waals surface area contributed by atoms with E-state index in [-0.39, 0.29) is 6.03 Å². The lowest BCUT2D eigenvalue weighted by Gasteiger charge is -2.09. The largest absolute Gasteiger partial charge is 0.382 e. The van der Waals surface area contributed by atoms with Crippen LogP contribution in [0.1, 0.15) is 0 Å². The van der Waals surface area contributed by atoms with Gasteiger partial charge in [0, 0.05) is 16.8 Å². The van der Waals surface area contributed by atoms with Gasteiger partial charge in [-0.25, -0.2) is 9.48 Å². The molecule has 0 unspecified atom stereocenters. The smallest absolute Gasteiger partial charge is 0.323 e. The summed E-state index contributed by atoms with van der Waals surface area (Å²) in [6.07, 6.45) is 0. The standard InChI is InChI=1S/C20H17N5O/c21-19-17-8-4-5-9-18(17)25(24-19)16-12-10-15(11-13-16)23-20(26)22-14-6-2-1-3-7-14/h1-13H,(H2,21,24)(H2,22,23,26). The highest BCUT2D eigenvalue weighted by atomic mass is 16.2. The number of nitrogens with zero attached hydrogens (tertiary/aromatic N) is 2. The van der Waals surface area contributed by atoms with Gasteiger partial charge >= 0.3 is 6.03 Å².